The maximum Gasteiger partial charge on any atom is 0.134 e. The maximum absolute atomic E-state index is 5.38. The van der Waals surface area contributed by atoms with E-state index in [1.165, 1.54) is 19.3 Å². The molecule has 1 aromatic rings. The van der Waals surface area contributed by atoms with E-state index in [0.717, 1.165) is 44.5 Å². The highest BCUT2D eigenvalue weighted by Gasteiger charge is 2.13. The van der Waals surface area contributed by atoms with Crippen molar-refractivity contribution in [1.29, 1.82) is 0 Å². The molecule has 1 aliphatic rings. The van der Waals surface area contributed by atoms with Crippen LogP contribution >= 0.6 is 0 Å². The average molecular weight is 264 g/mol. The van der Waals surface area contributed by atoms with E-state index in [1.54, 1.807) is 6.33 Å². The van der Waals surface area contributed by atoms with Crippen LogP contribution in [-0.2, 0) is 4.74 Å². The van der Waals surface area contributed by atoms with E-state index in [0.29, 0.717) is 0 Å². The van der Waals surface area contributed by atoms with Gasteiger partial charge in [0.05, 0.1) is 6.61 Å². The number of hydrogen-bond donors (Lipinski definition) is 0. The molecule has 1 aromatic heterocycles. The number of ether oxygens (including phenoxy) is 1. The van der Waals surface area contributed by atoms with Gasteiger partial charge in [0.15, 0.2) is 0 Å². The van der Waals surface area contributed by atoms with E-state index < -0.39 is 0 Å². The molecule has 0 atom stereocenters. The van der Waals surface area contributed by atoms with Crippen LogP contribution < -0.4 is 9.80 Å². The zero-order valence-corrected chi connectivity index (χ0v) is 12.0. The Morgan fingerprint density at radius 3 is 2.79 bits per heavy atom. The predicted molar refractivity (Wildman–Crippen MR) is 77.9 cm³/mol. The van der Waals surface area contributed by atoms with Crippen molar-refractivity contribution in [2.45, 2.75) is 26.2 Å². The second-order valence-electron chi connectivity index (χ2n) is 4.90. The number of nitrogens with zero attached hydrogens (tertiary/aromatic N) is 4. The molecule has 5 nitrogen and oxygen atoms in total. The van der Waals surface area contributed by atoms with Gasteiger partial charge in [-0.25, -0.2) is 9.97 Å². The summed E-state index contributed by atoms with van der Waals surface area (Å²) in [6.45, 7) is 6.58. The fourth-order valence-electron chi connectivity index (χ4n) is 2.30. The van der Waals surface area contributed by atoms with E-state index in [1.807, 2.05) is 14.0 Å². The first-order valence-corrected chi connectivity index (χ1v) is 7.17. The van der Waals surface area contributed by atoms with Gasteiger partial charge in [-0.2, -0.15) is 0 Å². The molecule has 0 N–H and O–H groups in total. The average Bonchev–Trinajstić information content (AvgIpc) is 2.48. The van der Waals surface area contributed by atoms with Crippen molar-refractivity contribution < 1.29 is 4.74 Å². The number of rotatable bonds is 6. The Morgan fingerprint density at radius 1 is 1.26 bits per heavy atom. The lowest BCUT2D eigenvalue weighted by molar-refractivity contribution is 0.154. The molecule has 0 saturated carbocycles. The molecule has 0 spiro atoms. The topological polar surface area (TPSA) is 41.5 Å². The third kappa shape index (κ3) is 4.06. The van der Waals surface area contributed by atoms with Gasteiger partial charge < -0.3 is 14.5 Å². The Hall–Kier alpha value is -1.36. The van der Waals surface area contributed by atoms with Crippen LogP contribution in [0.2, 0.25) is 0 Å². The lowest BCUT2D eigenvalue weighted by atomic mass is 10.1. The first-order chi connectivity index (χ1) is 9.31. The molecular formula is C14H24N4O. The number of anilines is 2. The van der Waals surface area contributed by atoms with Gasteiger partial charge in [-0.3, -0.25) is 0 Å². The second kappa shape index (κ2) is 7.28. The maximum atomic E-state index is 5.38. The summed E-state index contributed by atoms with van der Waals surface area (Å²) in [5.41, 5.74) is 0. The van der Waals surface area contributed by atoms with Gasteiger partial charge in [0.1, 0.15) is 18.0 Å². The molecule has 0 aromatic carbocycles. The first kappa shape index (κ1) is 14.1. The van der Waals surface area contributed by atoms with E-state index in [9.17, 15) is 0 Å². The summed E-state index contributed by atoms with van der Waals surface area (Å²) in [5, 5.41) is 0. The minimum absolute atomic E-state index is 0.732. The second-order valence-corrected chi connectivity index (χ2v) is 4.90. The Balaban J connectivity index is 1.97. The molecule has 1 fully saturated rings. The molecule has 19 heavy (non-hydrogen) atoms. The van der Waals surface area contributed by atoms with E-state index in [4.69, 9.17) is 4.74 Å². The van der Waals surface area contributed by atoms with Crippen molar-refractivity contribution in [3.8, 4) is 0 Å². The molecule has 0 amide bonds. The van der Waals surface area contributed by atoms with Crippen molar-refractivity contribution in [2.75, 3.05) is 49.7 Å². The number of hydrogen-bond acceptors (Lipinski definition) is 5. The van der Waals surface area contributed by atoms with E-state index >= 15 is 0 Å². The summed E-state index contributed by atoms with van der Waals surface area (Å²) >= 11 is 0. The highest BCUT2D eigenvalue weighted by atomic mass is 16.5. The zero-order chi connectivity index (χ0) is 13.5. The number of piperidine rings is 1. The number of aromatic nitrogens is 2. The predicted octanol–water partition coefficient (Wildman–Crippen LogP) is 1.94. The van der Waals surface area contributed by atoms with Crippen LogP contribution in [0, 0.1) is 0 Å². The van der Waals surface area contributed by atoms with Gasteiger partial charge in [-0.1, -0.05) is 0 Å². The quantitative estimate of drug-likeness (QED) is 0.734. The normalized spacial score (nSPS) is 15.6. The van der Waals surface area contributed by atoms with Crippen molar-refractivity contribution in [3.63, 3.8) is 0 Å². The van der Waals surface area contributed by atoms with Gasteiger partial charge in [0, 0.05) is 39.4 Å². The Labute approximate surface area is 115 Å². The molecule has 106 valence electrons. The largest absolute Gasteiger partial charge is 0.380 e. The van der Waals surface area contributed by atoms with Crippen LogP contribution in [0.25, 0.3) is 0 Å². The summed E-state index contributed by atoms with van der Waals surface area (Å²) in [6.07, 6.45) is 5.53. The smallest absolute Gasteiger partial charge is 0.134 e. The molecule has 0 radical (unpaired) electrons. The molecule has 2 heterocycles. The van der Waals surface area contributed by atoms with Gasteiger partial charge in [-0.15, -0.1) is 0 Å². The number of likely N-dealkylation sites (N-methyl/N-ethyl adjacent to an activating group) is 1. The summed E-state index contributed by atoms with van der Waals surface area (Å²) in [5.74, 6) is 2.02. The van der Waals surface area contributed by atoms with Gasteiger partial charge in [0.25, 0.3) is 0 Å². The standard InChI is InChI=1S/C14H24N4O/c1-3-19-10-9-17(2)13-11-14(16-12-15-13)18-7-5-4-6-8-18/h11-12H,3-10H2,1-2H3. The summed E-state index contributed by atoms with van der Waals surface area (Å²) in [7, 11) is 2.04. The van der Waals surface area contributed by atoms with Gasteiger partial charge in [0.2, 0.25) is 0 Å². The van der Waals surface area contributed by atoms with Gasteiger partial charge >= 0.3 is 0 Å². The minimum Gasteiger partial charge on any atom is -0.380 e. The van der Waals surface area contributed by atoms with Crippen LogP contribution in [0.5, 0.6) is 0 Å². The van der Waals surface area contributed by atoms with Crippen molar-refractivity contribution in [1.82, 2.24) is 9.97 Å². The van der Waals surface area contributed by atoms with Crippen LogP contribution in [-0.4, -0.2) is 49.9 Å². The fourth-order valence-corrected chi connectivity index (χ4v) is 2.30. The summed E-state index contributed by atoms with van der Waals surface area (Å²) in [6, 6.07) is 2.08. The van der Waals surface area contributed by atoms with Gasteiger partial charge in [-0.05, 0) is 26.2 Å². The molecule has 0 aliphatic carbocycles. The lowest BCUT2D eigenvalue weighted by Gasteiger charge is -2.28. The van der Waals surface area contributed by atoms with Crippen molar-refractivity contribution >= 4 is 11.6 Å². The Morgan fingerprint density at radius 2 is 2.05 bits per heavy atom. The third-order valence-electron chi connectivity index (χ3n) is 3.48. The first-order valence-electron chi connectivity index (χ1n) is 7.17. The van der Waals surface area contributed by atoms with E-state index in [-0.39, 0.29) is 0 Å². The summed E-state index contributed by atoms with van der Waals surface area (Å²) < 4.78 is 5.38. The summed E-state index contributed by atoms with van der Waals surface area (Å²) in [4.78, 5) is 13.2. The van der Waals surface area contributed by atoms with Crippen LogP contribution in [0.1, 0.15) is 26.2 Å². The Bertz CT molecular complexity index is 379. The molecule has 1 aliphatic heterocycles. The SMILES string of the molecule is CCOCCN(C)c1cc(N2CCCCC2)ncn1. The zero-order valence-electron chi connectivity index (χ0n) is 12.0. The van der Waals surface area contributed by atoms with Crippen LogP contribution in [0.15, 0.2) is 12.4 Å². The molecular weight excluding hydrogens is 240 g/mol. The molecule has 1 saturated heterocycles. The molecule has 0 unspecified atom stereocenters. The highest BCUT2D eigenvalue weighted by molar-refractivity contribution is 5.49. The molecule has 0 bridgehead atoms. The monoisotopic (exact) mass is 264 g/mol. The van der Waals surface area contributed by atoms with Crippen molar-refractivity contribution in [2.24, 2.45) is 0 Å². The Kier molecular flexibility index (Phi) is 5.39. The molecule has 2 rings (SSSR count). The lowest BCUT2D eigenvalue weighted by Crippen LogP contribution is -2.31. The van der Waals surface area contributed by atoms with Crippen molar-refractivity contribution in [3.05, 3.63) is 12.4 Å². The van der Waals surface area contributed by atoms with E-state index in [2.05, 4.69) is 25.8 Å². The van der Waals surface area contributed by atoms with Crippen LogP contribution in [0.4, 0.5) is 11.6 Å². The minimum atomic E-state index is 0.732. The van der Waals surface area contributed by atoms with Crippen LogP contribution in [0.3, 0.4) is 0 Å². The highest BCUT2D eigenvalue weighted by Crippen LogP contribution is 2.20. The third-order valence-corrected chi connectivity index (χ3v) is 3.48. The fraction of sp³-hybridized carbons (Fsp3) is 0.714. The molecule has 5 heteroatoms.